The molecule has 0 radical (unpaired) electrons. The van der Waals surface area contributed by atoms with Gasteiger partial charge in [0.1, 0.15) is 23.9 Å². The Morgan fingerprint density at radius 1 is 1.47 bits per heavy atom. The summed E-state index contributed by atoms with van der Waals surface area (Å²) in [6.07, 6.45) is -3.35. The van der Waals surface area contributed by atoms with Crippen molar-refractivity contribution in [2.75, 3.05) is 12.1 Å². The van der Waals surface area contributed by atoms with E-state index < -0.39 is 56.1 Å². The zero-order valence-electron chi connectivity index (χ0n) is 17.9. The summed E-state index contributed by atoms with van der Waals surface area (Å²) in [4.78, 5) is 27.7. The molecular weight excluding hydrogens is 470 g/mol. The molecule has 0 amide bonds. The largest absolute Gasteiger partial charge is 0.462 e. The fourth-order valence-corrected chi connectivity index (χ4v) is 4.41. The van der Waals surface area contributed by atoms with Crippen LogP contribution in [0.5, 0.6) is 0 Å². The highest BCUT2D eigenvalue weighted by Crippen LogP contribution is 2.48. The van der Waals surface area contributed by atoms with Crippen molar-refractivity contribution in [1.29, 1.82) is 0 Å². The third-order valence-corrected chi connectivity index (χ3v) is 6.86. The number of aromatic nitrogens is 2. The number of nitrogens with zero attached hydrogens (tertiary/aromatic N) is 2. The van der Waals surface area contributed by atoms with E-state index in [1.54, 1.807) is 28.8 Å². The number of aliphatic hydroxyl groups is 2. The van der Waals surface area contributed by atoms with Crippen molar-refractivity contribution in [1.82, 2.24) is 14.6 Å². The van der Waals surface area contributed by atoms with Crippen molar-refractivity contribution in [3.05, 3.63) is 22.7 Å². The molecule has 1 aromatic rings. The summed E-state index contributed by atoms with van der Waals surface area (Å²) < 4.78 is 34.4. The van der Waals surface area contributed by atoms with E-state index in [1.807, 2.05) is 0 Å². The average Bonchev–Trinajstić information content (AvgIpc) is 2.95. The van der Waals surface area contributed by atoms with Gasteiger partial charge in [0.2, 0.25) is 0 Å². The summed E-state index contributed by atoms with van der Waals surface area (Å²) in [5.74, 6) is -0.808. The standard InChI is InChI=1S/C16H28N4O10P2/c1-8(2)28-13(22)9(3)19-32(26,30-31)27-7-10-12(21)16(4,24)14(29-10)20-6-5-11(18-25)17-15(20)23/h5-6,8-10,12,14,21,24-25H,7,31H2,1-4H3,(H,19,26)(H,17,18,23)/t9-,10+,12?,14+,16+,32?/m0/s1. The maximum atomic E-state index is 12.8. The van der Waals surface area contributed by atoms with Gasteiger partial charge in [0, 0.05) is 15.7 Å². The van der Waals surface area contributed by atoms with E-state index in [1.165, 1.54) is 26.1 Å². The zero-order chi connectivity index (χ0) is 24.3. The quantitative estimate of drug-likeness (QED) is 0.164. The van der Waals surface area contributed by atoms with Gasteiger partial charge in [-0.2, -0.15) is 4.98 Å². The number of carbonyl (C=O) groups is 1. The number of esters is 1. The smallest absolute Gasteiger partial charge is 0.409 e. The molecule has 1 fully saturated rings. The third kappa shape index (κ3) is 6.10. The molecule has 3 unspecified atom stereocenters. The monoisotopic (exact) mass is 498 g/mol. The van der Waals surface area contributed by atoms with Crippen LogP contribution < -0.4 is 16.3 Å². The van der Waals surface area contributed by atoms with E-state index in [2.05, 4.69) is 10.1 Å². The fraction of sp³-hybridized carbons (Fsp3) is 0.688. The van der Waals surface area contributed by atoms with Crippen LogP contribution in [-0.2, 0) is 27.7 Å². The lowest BCUT2D eigenvalue weighted by atomic mass is 9.96. The van der Waals surface area contributed by atoms with Gasteiger partial charge in [-0.15, -0.1) is 0 Å². The van der Waals surface area contributed by atoms with E-state index in [-0.39, 0.29) is 11.9 Å². The lowest BCUT2D eigenvalue weighted by Crippen LogP contribution is -2.46. The minimum atomic E-state index is -4.06. The number of ether oxygens (including phenoxy) is 2. The van der Waals surface area contributed by atoms with E-state index in [0.29, 0.717) is 0 Å². The summed E-state index contributed by atoms with van der Waals surface area (Å²) in [7, 11) is -2.31. The molecule has 7 atom stereocenters. The first-order valence-electron chi connectivity index (χ1n) is 9.51. The van der Waals surface area contributed by atoms with Crippen LogP contribution in [-0.4, -0.2) is 67.5 Å². The van der Waals surface area contributed by atoms with Crippen LogP contribution in [0.1, 0.15) is 33.9 Å². The summed E-state index contributed by atoms with van der Waals surface area (Å²) in [6, 6.07) is 0.201. The Hall–Kier alpha value is -1.47. The Morgan fingerprint density at radius 3 is 2.66 bits per heavy atom. The molecule has 0 bridgehead atoms. The SMILES string of the molecule is CC(C)OC(=O)[C@H](C)NP(=O)(OP)OC[C@H]1O[C@@H](n2ccc(NO)nc2=O)[C@](C)(O)C1O. The third-order valence-electron chi connectivity index (χ3n) is 4.56. The van der Waals surface area contributed by atoms with Gasteiger partial charge in [0.15, 0.2) is 12.0 Å². The van der Waals surface area contributed by atoms with Gasteiger partial charge >= 0.3 is 19.4 Å². The first-order chi connectivity index (χ1) is 14.8. The molecule has 2 rings (SSSR count). The van der Waals surface area contributed by atoms with Crippen molar-refractivity contribution in [3.8, 4) is 0 Å². The van der Waals surface area contributed by atoms with Crippen LogP contribution >= 0.6 is 17.2 Å². The van der Waals surface area contributed by atoms with Gasteiger partial charge in [-0.25, -0.2) is 14.4 Å². The second-order valence-electron chi connectivity index (χ2n) is 7.55. The molecular formula is C16H28N4O10P2. The van der Waals surface area contributed by atoms with Crippen molar-refractivity contribution in [3.63, 3.8) is 0 Å². The minimum absolute atomic E-state index is 0.126. The first-order valence-corrected chi connectivity index (χ1v) is 11.5. The average molecular weight is 498 g/mol. The Labute approximate surface area is 186 Å². The molecule has 16 heteroatoms. The predicted molar refractivity (Wildman–Crippen MR) is 113 cm³/mol. The highest BCUT2D eigenvalue weighted by Gasteiger charge is 2.54. The highest BCUT2D eigenvalue weighted by atomic mass is 31.2. The maximum Gasteiger partial charge on any atom is 0.409 e. The lowest BCUT2D eigenvalue weighted by molar-refractivity contribution is -0.149. The second kappa shape index (κ2) is 10.6. The lowest BCUT2D eigenvalue weighted by Gasteiger charge is -2.27. The molecule has 0 spiro atoms. The summed E-state index contributed by atoms with van der Waals surface area (Å²) in [5, 5.41) is 32.5. The number of anilines is 1. The van der Waals surface area contributed by atoms with Crippen molar-refractivity contribution in [2.45, 2.75) is 63.9 Å². The molecule has 1 saturated heterocycles. The summed E-state index contributed by atoms with van der Waals surface area (Å²) >= 11 is 0. The van der Waals surface area contributed by atoms with Gasteiger partial charge in [-0.3, -0.25) is 28.9 Å². The summed E-state index contributed by atoms with van der Waals surface area (Å²) in [5.41, 5.74) is -1.11. The molecule has 1 aliphatic rings. The van der Waals surface area contributed by atoms with Crippen molar-refractivity contribution in [2.24, 2.45) is 0 Å². The Balaban J connectivity index is 2.11. The minimum Gasteiger partial charge on any atom is -0.462 e. The Kier molecular flexibility index (Phi) is 8.90. The Morgan fingerprint density at radius 2 is 2.12 bits per heavy atom. The number of aliphatic hydroxyl groups excluding tert-OH is 1. The number of hydrogen-bond donors (Lipinski definition) is 5. The van der Waals surface area contributed by atoms with Crippen LogP contribution in [0.3, 0.4) is 0 Å². The van der Waals surface area contributed by atoms with Crippen LogP contribution in [0.15, 0.2) is 17.1 Å². The van der Waals surface area contributed by atoms with E-state index in [9.17, 15) is 24.4 Å². The molecule has 1 aliphatic heterocycles. The van der Waals surface area contributed by atoms with Gasteiger partial charge in [-0.1, -0.05) is 0 Å². The second-order valence-corrected chi connectivity index (χ2v) is 9.90. The van der Waals surface area contributed by atoms with E-state index >= 15 is 0 Å². The van der Waals surface area contributed by atoms with Gasteiger partial charge in [0.05, 0.1) is 12.7 Å². The number of rotatable bonds is 10. The maximum absolute atomic E-state index is 12.8. The van der Waals surface area contributed by atoms with Crippen LogP contribution in [0, 0.1) is 0 Å². The molecule has 5 N–H and O–H groups in total. The molecule has 14 nitrogen and oxygen atoms in total. The van der Waals surface area contributed by atoms with Crippen LogP contribution in [0.25, 0.3) is 0 Å². The van der Waals surface area contributed by atoms with Crippen molar-refractivity contribution < 1.29 is 43.1 Å². The topological polar surface area (TPSA) is 191 Å². The molecule has 0 aliphatic carbocycles. The van der Waals surface area contributed by atoms with Crippen LogP contribution in [0.4, 0.5) is 5.82 Å². The number of hydrogen-bond acceptors (Lipinski definition) is 12. The molecule has 32 heavy (non-hydrogen) atoms. The van der Waals surface area contributed by atoms with E-state index in [0.717, 1.165) is 4.57 Å². The molecule has 182 valence electrons. The Bertz CT molecular complexity index is 911. The fourth-order valence-electron chi connectivity index (χ4n) is 2.93. The molecule has 0 saturated carbocycles. The highest BCUT2D eigenvalue weighted by molar-refractivity contribution is 7.55. The predicted octanol–water partition coefficient (Wildman–Crippen LogP) is -0.0852. The molecule has 0 aromatic carbocycles. The summed E-state index contributed by atoms with van der Waals surface area (Å²) in [6.45, 7) is 5.42. The zero-order valence-corrected chi connectivity index (χ0v) is 19.9. The molecule has 2 heterocycles. The van der Waals surface area contributed by atoms with Gasteiger partial charge < -0.3 is 19.7 Å². The van der Waals surface area contributed by atoms with Gasteiger partial charge in [-0.05, 0) is 33.8 Å². The van der Waals surface area contributed by atoms with Crippen molar-refractivity contribution >= 4 is 29.0 Å². The first kappa shape index (κ1) is 26.8. The van der Waals surface area contributed by atoms with E-state index in [4.69, 9.17) is 23.5 Å². The van der Waals surface area contributed by atoms with Gasteiger partial charge in [0.25, 0.3) is 0 Å². The normalized spacial score (nSPS) is 28.3. The number of carbonyl (C=O) groups excluding carboxylic acids is 1. The number of nitrogens with one attached hydrogen (secondary N) is 2. The molecule has 1 aromatic heterocycles. The van der Waals surface area contributed by atoms with Crippen LogP contribution in [0.2, 0.25) is 0 Å².